The number of halogens is 3. The number of phenolic OH excluding ortho intramolecular Hbond substituents is 1. The van der Waals surface area contributed by atoms with Crippen LogP contribution in [0.25, 0.3) is 43.7 Å². The second-order valence-electron chi connectivity index (χ2n) is 15.7. The average Bonchev–Trinajstić information content (AvgIpc) is 3.84. The van der Waals surface area contributed by atoms with E-state index < -0.39 is 23.3 Å². The number of terminal acetylenes is 1. The second-order valence-corrected chi connectivity index (χ2v) is 15.7. The van der Waals surface area contributed by atoms with Crippen LogP contribution in [0.4, 0.5) is 19.0 Å². The molecule has 10 rings (SSSR count). The van der Waals surface area contributed by atoms with E-state index in [0.29, 0.717) is 46.4 Å². The molecule has 0 amide bonds. The topological polar surface area (TPSA) is 92.0 Å². The summed E-state index contributed by atoms with van der Waals surface area (Å²) >= 11 is 0. The molecule has 10 nitrogen and oxygen atoms in total. The number of rotatable bonds is 7. The molecule has 5 aliphatic heterocycles. The van der Waals surface area contributed by atoms with Gasteiger partial charge in [-0.1, -0.05) is 12.0 Å². The Bertz CT molecular complexity index is 2340. The molecule has 5 fully saturated rings. The number of piperazine rings is 1. The number of hydrogen-bond donors (Lipinski definition) is 1. The van der Waals surface area contributed by atoms with Gasteiger partial charge in [-0.3, -0.25) is 14.5 Å². The Kier molecular flexibility index (Phi) is 7.59. The molecule has 0 spiro atoms. The van der Waals surface area contributed by atoms with Gasteiger partial charge in [0.15, 0.2) is 5.82 Å². The highest BCUT2D eigenvalue weighted by atomic mass is 19.1. The van der Waals surface area contributed by atoms with Crippen LogP contribution in [0.3, 0.4) is 0 Å². The molecule has 0 saturated carbocycles. The van der Waals surface area contributed by atoms with Crippen LogP contribution in [0.1, 0.15) is 37.7 Å². The van der Waals surface area contributed by atoms with Gasteiger partial charge in [0.05, 0.1) is 29.7 Å². The van der Waals surface area contributed by atoms with Crippen LogP contribution in [0.2, 0.25) is 0 Å². The van der Waals surface area contributed by atoms with E-state index in [0.717, 1.165) is 65.1 Å². The summed E-state index contributed by atoms with van der Waals surface area (Å²) in [4.78, 5) is 16.9. The second kappa shape index (κ2) is 12.2. The van der Waals surface area contributed by atoms with Crippen LogP contribution in [0.5, 0.6) is 11.8 Å². The fourth-order valence-corrected chi connectivity index (χ4v) is 10.1. The number of nitrogens with zero attached hydrogens (tertiary/aromatic N) is 7. The summed E-state index contributed by atoms with van der Waals surface area (Å²) in [6.07, 6.45) is 10.8. The van der Waals surface area contributed by atoms with Crippen LogP contribution in [-0.2, 0) is 11.8 Å². The molecule has 274 valence electrons. The van der Waals surface area contributed by atoms with Gasteiger partial charge in [0.2, 0.25) is 0 Å². The first-order chi connectivity index (χ1) is 25.7. The van der Waals surface area contributed by atoms with Crippen molar-refractivity contribution in [1.29, 1.82) is 0 Å². The highest BCUT2D eigenvalue weighted by molar-refractivity contribution is 6.18. The van der Waals surface area contributed by atoms with E-state index >= 15 is 8.78 Å². The largest absolute Gasteiger partial charge is 0.508 e. The van der Waals surface area contributed by atoms with Crippen molar-refractivity contribution in [3.63, 3.8) is 0 Å². The lowest BCUT2D eigenvalue weighted by molar-refractivity contribution is -0.0484. The first-order valence-electron chi connectivity index (χ1n) is 18.6. The number of aromatic nitrogens is 4. The maximum Gasteiger partial charge on any atom is 0.319 e. The van der Waals surface area contributed by atoms with Crippen LogP contribution in [-0.4, -0.2) is 111 Å². The highest BCUT2D eigenvalue weighted by Crippen LogP contribution is 2.47. The SMILES string of the molecule is C#Cc1c(F)ccc2cc(O)cc(-c3c(F)c4nc(OC[C@@]56CCCN5C[C@H](F)C6)nc(N5C6CCC5CN(CC5COC5)C6)c4c4cn(C)nc34)c12. The molecule has 2 unspecified atom stereocenters. The lowest BCUT2D eigenvalue weighted by Crippen LogP contribution is -2.56. The number of phenols is 1. The number of benzene rings is 3. The quantitative estimate of drug-likeness (QED) is 0.217. The molecule has 53 heavy (non-hydrogen) atoms. The number of aryl methyl sites for hydroxylation is 1. The molecule has 2 aromatic heterocycles. The molecule has 5 aromatic rings. The van der Waals surface area contributed by atoms with Crippen molar-refractivity contribution in [3.8, 4) is 35.2 Å². The van der Waals surface area contributed by atoms with Gasteiger partial charge in [0.25, 0.3) is 0 Å². The smallest absolute Gasteiger partial charge is 0.319 e. The molecule has 2 bridgehead atoms. The summed E-state index contributed by atoms with van der Waals surface area (Å²) in [5.74, 6) is 2.09. The van der Waals surface area contributed by atoms with Gasteiger partial charge in [0.1, 0.15) is 41.2 Å². The van der Waals surface area contributed by atoms with Crippen molar-refractivity contribution in [3.05, 3.63) is 47.7 Å². The average molecular weight is 724 g/mol. The molecule has 7 heterocycles. The standard InChI is InChI=1S/C40H40F3N7O3/c1-3-28-31(42)8-5-23-11-27(51)12-29(32(23)28)33-35(43)37-34(30-18-47(2)46-36(30)33)38(50-25-6-7-26(50)17-48(16-25)14-22-19-52-20-22)45-39(44-37)53-21-40-9-4-10-49(40)15-24(41)13-40/h1,5,8,11-12,18,22,24-26,51H,4,6-7,9-10,13-17,19-21H2,2H3/t24-,25?,26?,40+/m1/s1. The Hall–Kier alpha value is -4.64. The van der Waals surface area contributed by atoms with Crippen molar-refractivity contribution in [2.45, 2.75) is 55.9 Å². The van der Waals surface area contributed by atoms with Gasteiger partial charge in [-0.15, -0.1) is 6.42 Å². The molecule has 5 saturated heterocycles. The van der Waals surface area contributed by atoms with Crippen LogP contribution < -0.4 is 9.64 Å². The maximum absolute atomic E-state index is 17.8. The predicted molar refractivity (Wildman–Crippen MR) is 195 cm³/mol. The minimum absolute atomic E-state index is 0.0219. The van der Waals surface area contributed by atoms with Crippen LogP contribution in [0.15, 0.2) is 30.5 Å². The molecular weight excluding hydrogens is 683 g/mol. The Morgan fingerprint density at radius 3 is 2.64 bits per heavy atom. The molecule has 4 atom stereocenters. The van der Waals surface area contributed by atoms with Crippen LogP contribution >= 0.6 is 0 Å². The zero-order chi connectivity index (χ0) is 36.2. The van der Waals surface area contributed by atoms with E-state index in [2.05, 4.69) is 20.6 Å². The Morgan fingerprint density at radius 1 is 1.08 bits per heavy atom. The highest BCUT2D eigenvalue weighted by Gasteiger charge is 2.50. The Morgan fingerprint density at radius 2 is 1.89 bits per heavy atom. The number of hydrogen-bond acceptors (Lipinski definition) is 9. The van der Waals surface area contributed by atoms with Gasteiger partial charge in [-0.25, -0.2) is 13.2 Å². The lowest BCUT2D eigenvalue weighted by Gasteiger charge is -2.44. The van der Waals surface area contributed by atoms with E-state index in [9.17, 15) is 9.50 Å². The molecule has 0 aliphatic carbocycles. The zero-order valence-corrected chi connectivity index (χ0v) is 29.5. The third-order valence-electron chi connectivity index (χ3n) is 12.4. The van der Waals surface area contributed by atoms with E-state index in [-0.39, 0.29) is 58.0 Å². The molecular formula is C40H40F3N7O3. The van der Waals surface area contributed by atoms with Gasteiger partial charge in [-0.2, -0.15) is 15.1 Å². The number of alkyl halides is 1. The van der Waals surface area contributed by atoms with E-state index in [1.165, 1.54) is 24.3 Å². The van der Waals surface area contributed by atoms with Crippen molar-refractivity contribution in [1.82, 2.24) is 29.5 Å². The number of anilines is 1. The van der Waals surface area contributed by atoms with Gasteiger partial charge >= 0.3 is 6.01 Å². The maximum atomic E-state index is 17.8. The molecule has 0 radical (unpaired) electrons. The third kappa shape index (κ3) is 5.16. The van der Waals surface area contributed by atoms with Gasteiger partial charge in [0, 0.05) is 80.2 Å². The molecule has 3 aromatic carbocycles. The summed E-state index contributed by atoms with van der Waals surface area (Å²) in [7, 11) is 1.76. The number of ether oxygens (including phenoxy) is 2. The summed E-state index contributed by atoms with van der Waals surface area (Å²) < 4.78 is 61.2. The molecule has 5 aliphatic rings. The van der Waals surface area contributed by atoms with E-state index in [1.807, 2.05) is 6.20 Å². The first kappa shape index (κ1) is 33.0. The normalized spacial score (nSPS) is 26.2. The van der Waals surface area contributed by atoms with E-state index in [1.54, 1.807) is 11.7 Å². The fourth-order valence-electron chi connectivity index (χ4n) is 10.1. The van der Waals surface area contributed by atoms with E-state index in [4.69, 9.17) is 31.0 Å². The fraction of sp³-hybridized carbons (Fsp3) is 0.475. The lowest BCUT2D eigenvalue weighted by atomic mass is 9.91. The van der Waals surface area contributed by atoms with Gasteiger partial charge in [-0.05, 0) is 61.4 Å². The van der Waals surface area contributed by atoms with Crippen molar-refractivity contribution < 1.29 is 27.8 Å². The van der Waals surface area contributed by atoms with Crippen molar-refractivity contribution >= 4 is 38.4 Å². The minimum Gasteiger partial charge on any atom is -0.508 e. The number of likely N-dealkylation sites (tertiary alicyclic amines) is 1. The van der Waals surface area contributed by atoms with Crippen molar-refractivity contribution in [2.75, 3.05) is 57.4 Å². The molecule has 1 N–H and O–H groups in total. The van der Waals surface area contributed by atoms with Crippen molar-refractivity contribution in [2.24, 2.45) is 13.0 Å². The number of fused-ring (bicyclic) bond motifs is 7. The Labute approximate surface area is 304 Å². The Balaban J connectivity index is 1.18. The van der Waals surface area contributed by atoms with Gasteiger partial charge < -0.3 is 19.5 Å². The predicted octanol–water partition coefficient (Wildman–Crippen LogP) is 5.56. The number of aromatic hydroxyl groups is 1. The first-order valence-corrected chi connectivity index (χ1v) is 18.6. The monoisotopic (exact) mass is 723 g/mol. The zero-order valence-electron chi connectivity index (χ0n) is 29.5. The summed E-state index contributed by atoms with van der Waals surface area (Å²) in [5.41, 5.74) is 0.0813. The molecule has 13 heteroatoms. The summed E-state index contributed by atoms with van der Waals surface area (Å²) in [6, 6.07) is 5.92. The van der Waals surface area contributed by atoms with Crippen LogP contribution in [0, 0.1) is 29.9 Å². The minimum atomic E-state index is -0.931. The summed E-state index contributed by atoms with van der Waals surface area (Å²) in [5, 5.41) is 17.5. The third-order valence-corrected chi connectivity index (χ3v) is 12.4. The summed E-state index contributed by atoms with van der Waals surface area (Å²) in [6.45, 7) is 5.63.